The monoisotopic (exact) mass is 211 g/mol. The van der Waals surface area contributed by atoms with E-state index in [0.717, 1.165) is 25.5 Å². The zero-order chi connectivity index (χ0) is 10.8. The predicted octanol–water partition coefficient (Wildman–Crippen LogP) is 3.03. The van der Waals surface area contributed by atoms with Crippen molar-refractivity contribution in [2.24, 2.45) is 5.92 Å². The lowest BCUT2D eigenvalue weighted by Crippen LogP contribution is -2.23. The lowest BCUT2D eigenvalue weighted by Gasteiger charge is -2.18. The molecule has 2 rings (SSSR count). The lowest BCUT2D eigenvalue weighted by molar-refractivity contribution is 0.464. The van der Waals surface area contributed by atoms with Gasteiger partial charge in [0.1, 0.15) is 11.6 Å². The number of benzene rings is 1. The van der Waals surface area contributed by atoms with E-state index in [2.05, 4.69) is 5.32 Å². The summed E-state index contributed by atoms with van der Waals surface area (Å²) in [6.07, 6.45) is 2.27. The van der Waals surface area contributed by atoms with Crippen LogP contribution >= 0.6 is 0 Å². The summed E-state index contributed by atoms with van der Waals surface area (Å²) in [5.41, 5.74) is 0.598. The molecule has 1 N–H and O–H groups in total. The van der Waals surface area contributed by atoms with Crippen LogP contribution in [0.4, 0.5) is 8.78 Å². The Bertz CT molecular complexity index is 347. The Morgan fingerprint density at radius 3 is 2.67 bits per heavy atom. The van der Waals surface area contributed by atoms with Crippen LogP contribution in [0.5, 0.6) is 0 Å². The van der Waals surface area contributed by atoms with Gasteiger partial charge in [-0.15, -0.1) is 0 Å². The molecule has 0 saturated heterocycles. The minimum absolute atomic E-state index is 0.0515. The molecule has 1 atom stereocenters. The maximum absolute atomic E-state index is 13.5. The number of halogens is 2. The Labute approximate surface area is 88.5 Å². The standard InChI is InChI=1S/C12H15F2N/c1-2-15-12(8-3-4-8)10-6-5-9(13)7-11(10)14/h5-8,12,15H,2-4H2,1H3. The van der Waals surface area contributed by atoms with Crippen LogP contribution < -0.4 is 5.32 Å². The van der Waals surface area contributed by atoms with Gasteiger partial charge in [-0.2, -0.15) is 0 Å². The van der Waals surface area contributed by atoms with Crippen LogP contribution in [0.1, 0.15) is 31.4 Å². The summed E-state index contributed by atoms with van der Waals surface area (Å²) in [4.78, 5) is 0. The van der Waals surface area contributed by atoms with E-state index in [1.807, 2.05) is 6.92 Å². The van der Waals surface area contributed by atoms with E-state index in [-0.39, 0.29) is 6.04 Å². The molecule has 82 valence electrons. The summed E-state index contributed by atoms with van der Waals surface area (Å²) in [6.45, 7) is 2.80. The first-order valence-electron chi connectivity index (χ1n) is 5.40. The fourth-order valence-corrected chi connectivity index (χ4v) is 1.93. The minimum atomic E-state index is -0.512. The van der Waals surface area contributed by atoms with E-state index in [1.54, 1.807) is 6.07 Å². The van der Waals surface area contributed by atoms with Crippen molar-refractivity contribution in [3.05, 3.63) is 35.4 Å². The second-order valence-electron chi connectivity index (χ2n) is 4.04. The highest BCUT2D eigenvalue weighted by atomic mass is 19.1. The summed E-state index contributed by atoms with van der Waals surface area (Å²) in [5.74, 6) is -0.431. The maximum atomic E-state index is 13.5. The van der Waals surface area contributed by atoms with Crippen molar-refractivity contribution in [3.8, 4) is 0 Å². The van der Waals surface area contributed by atoms with Gasteiger partial charge in [-0.1, -0.05) is 13.0 Å². The highest BCUT2D eigenvalue weighted by Crippen LogP contribution is 2.41. The van der Waals surface area contributed by atoms with E-state index in [4.69, 9.17) is 0 Å². The number of hydrogen-bond acceptors (Lipinski definition) is 1. The molecular weight excluding hydrogens is 196 g/mol. The Hall–Kier alpha value is -0.960. The first-order chi connectivity index (χ1) is 7.22. The van der Waals surface area contributed by atoms with Crippen molar-refractivity contribution in [2.75, 3.05) is 6.54 Å². The molecule has 0 amide bonds. The second-order valence-corrected chi connectivity index (χ2v) is 4.04. The highest BCUT2D eigenvalue weighted by molar-refractivity contribution is 5.24. The van der Waals surface area contributed by atoms with Crippen LogP contribution in [0.25, 0.3) is 0 Å². The molecule has 1 unspecified atom stereocenters. The summed E-state index contributed by atoms with van der Waals surface area (Å²) in [5, 5.41) is 3.26. The SMILES string of the molecule is CCNC(c1ccc(F)cc1F)C1CC1. The van der Waals surface area contributed by atoms with Gasteiger partial charge < -0.3 is 5.32 Å². The maximum Gasteiger partial charge on any atom is 0.130 e. The summed E-state index contributed by atoms with van der Waals surface area (Å²) in [6, 6.07) is 3.89. The van der Waals surface area contributed by atoms with Gasteiger partial charge in [0.2, 0.25) is 0 Å². The Kier molecular flexibility index (Phi) is 3.00. The summed E-state index contributed by atoms with van der Waals surface area (Å²) in [7, 11) is 0. The molecule has 1 aromatic carbocycles. The highest BCUT2D eigenvalue weighted by Gasteiger charge is 2.33. The van der Waals surface area contributed by atoms with Crippen LogP contribution in [-0.4, -0.2) is 6.54 Å². The fourth-order valence-electron chi connectivity index (χ4n) is 1.93. The largest absolute Gasteiger partial charge is 0.310 e. The lowest BCUT2D eigenvalue weighted by atomic mass is 10.0. The van der Waals surface area contributed by atoms with E-state index >= 15 is 0 Å². The molecule has 0 radical (unpaired) electrons. The molecule has 0 bridgehead atoms. The fraction of sp³-hybridized carbons (Fsp3) is 0.500. The van der Waals surface area contributed by atoms with Crippen molar-refractivity contribution < 1.29 is 8.78 Å². The molecule has 0 aliphatic heterocycles. The van der Waals surface area contributed by atoms with Gasteiger partial charge in [-0.25, -0.2) is 8.78 Å². The summed E-state index contributed by atoms with van der Waals surface area (Å²) < 4.78 is 26.3. The van der Waals surface area contributed by atoms with Crippen molar-refractivity contribution in [1.82, 2.24) is 5.32 Å². The molecule has 15 heavy (non-hydrogen) atoms. The van der Waals surface area contributed by atoms with Crippen molar-refractivity contribution in [2.45, 2.75) is 25.8 Å². The molecule has 1 saturated carbocycles. The van der Waals surface area contributed by atoms with E-state index < -0.39 is 11.6 Å². The number of nitrogens with one attached hydrogen (secondary N) is 1. The molecule has 3 heteroatoms. The average molecular weight is 211 g/mol. The van der Waals surface area contributed by atoms with Crippen molar-refractivity contribution in [1.29, 1.82) is 0 Å². The van der Waals surface area contributed by atoms with Gasteiger partial charge >= 0.3 is 0 Å². The molecule has 1 nitrogen and oxygen atoms in total. The molecule has 1 aliphatic rings. The van der Waals surface area contributed by atoms with Gasteiger partial charge in [-0.05, 0) is 31.4 Å². The van der Waals surface area contributed by atoms with E-state index in [9.17, 15) is 8.78 Å². The van der Waals surface area contributed by atoms with Crippen LogP contribution in [0, 0.1) is 17.6 Å². The Balaban J connectivity index is 2.24. The number of rotatable bonds is 4. The van der Waals surface area contributed by atoms with Gasteiger partial charge in [0.15, 0.2) is 0 Å². The van der Waals surface area contributed by atoms with Gasteiger partial charge in [-0.3, -0.25) is 0 Å². The molecule has 1 aromatic rings. The average Bonchev–Trinajstić information content (AvgIpc) is 2.98. The second kappa shape index (κ2) is 4.27. The molecule has 0 aromatic heterocycles. The van der Waals surface area contributed by atoms with Crippen LogP contribution in [-0.2, 0) is 0 Å². The van der Waals surface area contributed by atoms with E-state index in [0.29, 0.717) is 11.5 Å². The number of hydrogen-bond donors (Lipinski definition) is 1. The molecule has 1 aliphatic carbocycles. The van der Waals surface area contributed by atoms with Crippen LogP contribution in [0.2, 0.25) is 0 Å². The quantitative estimate of drug-likeness (QED) is 0.807. The predicted molar refractivity (Wildman–Crippen MR) is 55.5 cm³/mol. The Morgan fingerprint density at radius 2 is 2.13 bits per heavy atom. The van der Waals surface area contributed by atoms with Gasteiger partial charge in [0, 0.05) is 17.7 Å². The molecular formula is C12H15F2N. The topological polar surface area (TPSA) is 12.0 Å². The van der Waals surface area contributed by atoms with Crippen LogP contribution in [0.15, 0.2) is 18.2 Å². The molecule has 0 spiro atoms. The zero-order valence-corrected chi connectivity index (χ0v) is 8.76. The first kappa shape index (κ1) is 10.6. The third-order valence-corrected chi connectivity index (χ3v) is 2.82. The smallest absolute Gasteiger partial charge is 0.130 e. The zero-order valence-electron chi connectivity index (χ0n) is 8.76. The molecule has 0 heterocycles. The van der Waals surface area contributed by atoms with E-state index in [1.165, 1.54) is 6.07 Å². The summed E-state index contributed by atoms with van der Waals surface area (Å²) >= 11 is 0. The Morgan fingerprint density at radius 1 is 1.40 bits per heavy atom. The van der Waals surface area contributed by atoms with Gasteiger partial charge in [0.25, 0.3) is 0 Å². The minimum Gasteiger partial charge on any atom is -0.310 e. The molecule has 1 fully saturated rings. The first-order valence-corrected chi connectivity index (χ1v) is 5.40. The van der Waals surface area contributed by atoms with Crippen LogP contribution in [0.3, 0.4) is 0 Å². The van der Waals surface area contributed by atoms with Crippen molar-refractivity contribution in [3.63, 3.8) is 0 Å². The van der Waals surface area contributed by atoms with Crippen molar-refractivity contribution >= 4 is 0 Å². The normalized spacial score (nSPS) is 17.8. The third-order valence-electron chi connectivity index (χ3n) is 2.82. The van der Waals surface area contributed by atoms with Gasteiger partial charge in [0.05, 0.1) is 0 Å². The third kappa shape index (κ3) is 2.34.